The maximum atomic E-state index is 11.6. The molecule has 122 valence electrons. The smallest absolute Gasteiger partial charge is 0.407 e. The highest BCUT2D eigenvalue weighted by atomic mass is 16.5. The number of hydrogen-bond donors (Lipinski definition) is 1. The molecule has 0 aliphatic heterocycles. The van der Waals surface area contributed by atoms with Crippen molar-refractivity contribution in [3.63, 3.8) is 0 Å². The van der Waals surface area contributed by atoms with Gasteiger partial charge in [0.15, 0.2) is 0 Å². The molecule has 0 heterocycles. The fourth-order valence-corrected chi connectivity index (χ4v) is 1.92. The zero-order chi connectivity index (χ0) is 16.5. The predicted octanol–water partition coefficient (Wildman–Crippen LogP) is 2.90. The minimum Gasteiger partial charge on any atom is -0.445 e. The third kappa shape index (κ3) is 6.16. The van der Waals surface area contributed by atoms with Crippen molar-refractivity contribution in [2.45, 2.75) is 39.7 Å². The van der Waals surface area contributed by atoms with Gasteiger partial charge in [0, 0.05) is 26.6 Å². The highest BCUT2D eigenvalue weighted by Crippen LogP contribution is 2.15. The lowest BCUT2D eigenvalue weighted by atomic mass is 10.0. The van der Waals surface area contributed by atoms with Crippen LogP contribution in [-0.4, -0.2) is 37.0 Å². The molecule has 0 bridgehead atoms. The molecular weight excluding hydrogens is 280 g/mol. The number of likely N-dealkylation sites (N-methyl/N-ethyl adjacent to an activating group) is 1. The molecule has 0 spiro atoms. The molecule has 0 saturated carbocycles. The van der Waals surface area contributed by atoms with Gasteiger partial charge < -0.3 is 15.0 Å². The monoisotopic (exact) mass is 306 g/mol. The van der Waals surface area contributed by atoms with Crippen molar-refractivity contribution in [1.29, 1.82) is 0 Å². The van der Waals surface area contributed by atoms with Gasteiger partial charge in [-0.05, 0) is 17.0 Å². The van der Waals surface area contributed by atoms with Gasteiger partial charge in [-0.25, -0.2) is 4.79 Å². The van der Waals surface area contributed by atoms with Gasteiger partial charge in [0.05, 0.1) is 0 Å². The quantitative estimate of drug-likeness (QED) is 0.842. The van der Waals surface area contributed by atoms with E-state index < -0.39 is 6.09 Å². The van der Waals surface area contributed by atoms with Crippen LogP contribution < -0.4 is 5.32 Å². The third-order valence-electron chi connectivity index (χ3n) is 3.46. The minimum atomic E-state index is -0.467. The summed E-state index contributed by atoms with van der Waals surface area (Å²) in [5, 5.41) is 2.64. The Morgan fingerprint density at radius 3 is 2.41 bits per heavy atom. The van der Waals surface area contributed by atoms with Crippen LogP contribution in [0.5, 0.6) is 0 Å². The molecular formula is C17H26N2O3. The van der Waals surface area contributed by atoms with E-state index in [0.717, 1.165) is 5.56 Å². The molecule has 0 aliphatic rings. The highest BCUT2D eigenvalue weighted by molar-refractivity contribution is 5.75. The molecule has 0 fully saturated rings. The number of rotatable bonds is 7. The number of nitrogens with one attached hydrogen (secondary N) is 1. The SMILES string of the molecule is CCC(=O)N(C)CCNC(=O)OCc1ccc(C(C)C)cc1. The van der Waals surface area contributed by atoms with Gasteiger partial charge in [0.1, 0.15) is 6.61 Å². The van der Waals surface area contributed by atoms with Crippen LogP contribution in [-0.2, 0) is 16.1 Å². The summed E-state index contributed by atoms with van der Waals surface area (Å²) >= 11 is 0. The van der Waals surface area contributed by atoms with E-state index in [4.69, 9.17) is 4.74 Å². The first-order chi connectivity index (χ1) is 10.4. The van der Waals surface area contributed by atoms with E-state index >= 15 is 0 Å². The van der Waals surface area contributed by atoms with Gasteiger partial charge in [0.2, 0.25) is 5.91 Å². The average Bonchev–Trinajstić information content (AvgIpc) is 2.52. The van der Waals surface area contributed by atoms with Gasteiger partial charge >= 0.3 is 6.09 Å². The summed E-state index contributed by atoms with van der Waals surface area (Å²) in [7, 11) is 1.72. The number of carbonyl (C=O) groups is 2. The standard InChI is InChI=1S/C17H26N2O3/c1-5-16(20)19(4)11-10-18-17(21)22-12-14-6-8-15(9-7-14)13(2)3/h6-9,13H,5,10-12H2,1-4H3,(H,18,21). The number of amides is 2. The molecule has 1 aromatic carbocycles. The van der Waals surface area contributed by atoms with E-state index in [0.29, 0.717) is 25.4 Å². The van der Waals surface area contributed by atoms with E-state index in [1.165, 1.54) is 5.56 Å². The van der Waals surface area contributed by atoms with Crippen LogP contribution in [0.4, 0.5) is 4.79 Å². The van der Waals surface area contributed by atoms with Crippen LogP contribution in [0.25, 0.3) is 0 Å². The molecule has 2 amide bonds. The van der Waals surface area contributed by atoms with Crippen molar-refractivity contribution in [3.05, 3.63) is 35.4 Å². The first-order valence-electron chi connectivity index (χ1n) is 7.67. The van der Waals surface area contributed by atoms with E-state index in [1.54, 1.807) is 11.9 Å². The molecule has 1 aromatic rings. The topological polar surface area (TPSA) is 58.6 Å². The molecule has 0 aliphatic carbocycles. The number of carbonyl (C=O) groups excluding carboxylic acids is 2. The zero-order valence-electron chi connectivity index (χ0n) is 13.9. The van der Waals surface area contributed by atoms with Gasteiger partial charge in [-0.1, -0.05) is 45.0 Å². The lowest BCUT2D eigenvalue weighted by molar-refractivity contribution is -0.129. The normalized spacial score (nSPS) is 10.4. The molecule has 0 aromatic heterocycles. The van der Waals surface area contributed by atoms with Crippen molar-refractivity contribution in [2.75, 3.05) is 20.1 Å². The van der Waals surface area contributed by atoms with Crippen LogP contribution in [0.1, 0.15) is 44.2 Å². The van der Waals surface area contributed by atoms with E-state index in [2.05, 4.69) is 19.2 Å². The Kier molecular flexibility index (Phi) is 7.43. The molecule has 0 radical (unpaired) electrons. The Balaban J connectivity index is 2.27. The van der Waals surface area contributed by atoms with Gasteiger partial charge in [0.25, 0.3) is 0 Å². The molecule has 22 heavy (non-hydrogen) atoms. The third-order valence-corrected chi connectivity index (χ3v) is 3.46. The molecule has 0 saturated heterocycles. The van der Waals surface area contributed by atoms with Crippen LogP contribution in [0.2, 0.25) is 0 Å². The summed E-state index contributed by atoms with van der Waals surface area (Å²) in [5.74, 6) is 0.543. The first kappa shape index (κ1) is 18.0. The van der Waals surface area contributed by atoms with Crippen molar-refractivity contribution in [3.8, 4) is 0 Å². The van der Waals surface area contributed by atoms with Crippen molar-refractivity contribution >= 4 is 12.0 Å². The van der Waals surface area contributed by atoms with E-state index in [-0.39, 0.29) is 12.5 Å². The van der Waals surface area contributed by atoms with Crippen molar-refractivity contribution < 1.29 is 14.3 Å². The van der Waals surface area contributed by atoms with Gasteiger partial charge in [-0.15, -0.1) is 0 Å². The molecule has 5 nitrogen and oxygen atoms in total. The number of benzene rings is 1. The number of alkyl carbamates (subject to hydrolysis) is 1. The minimum absolute atomic E-state index is 0.0559. The second kappa shape index (κ2) is 9.07. The Morgan fingerprint density at radius 2 is 1.86 bits per heavy atom. The van der Waals surface area contributed by atoms with Gasteiger partial charge in [-0.3, -0.25) is 4.79 Å². The Bertz CT molecular complexity index is 483. The Morgan fingerprint density at radius 1 is 1.23 bits per heavy atom. The first-order valence-corrected chi connectivity index (χ1v) is 7.67. The maximum absolute atomic E-state index is 11.6. The zero-order valence-corrected chi connectivity index (χ0v) is 13.9. The molecule has 0 unspecified atom stereocenters. The fourth-order valence-electron chi connectivity index (χ4n) is 1.92. The summed E-state index contributed by atoms with van der Waals surface area (Å²) in [6, 6.07) is 8.03. The number of hydrogen-bond acceptors (Lipinski definition) is 3. The van der Waals surface area contributed by atoms with Crippen LogP contribution in [0.15, 0.2) is 24.3 Å². The van der Waals surface area contributed by atoms with Crippen molar-refractivity contribution in [2.24, 2.45) is 0 Å². The highest BCUT2D eigenvalue weighted by Gasteiger charge is 2.07. The Labute approximate surface area is 132 Å². The van der Waals surface area contributed by atoms with E-state index in [1.807, 2.05) is 31.2 Å². The largest absolute Gasteiger partial charge is 0.445 e. The van der Waals surface area contributed by atoms with E-state index in [9.17, 15) is 9.59 Å². The lowest BCUT2D eigenvalue weighted by Gasteiger charge is -2.16. The molecule has 0 atom stereocenters. The van der Waals surface area contributed by atoms with Crippen LogP contribution in [0.3, 0.4) is 0 Å². The van der Waals surface area contributed by atoms with Crippen LogP contribution >= 0.6 is 0 Å². The summed E-state index contributed by atoms with van der Waals surface area (Å²) in [6.45, 7) is 7.19. The average molecular weight is 306 g/mol. The Hall–Kier alpha value is -2.04. The second-order valence-electron chi connectivity index (χ2n) is 5.57. The predicted molar refractivity (Wildman–Crippen MR) is 86.6 cm³/mol. The van der Waals surface area contributed by atoms with Crippen LogP contribution in [0, 0.1) is 0 Å². The van der Waals surface area contributed by atoms with Crippen molar-refractivity contribution in [1.82, 2.24) is 10.2 Å². The molecule has 1 rings (SSSR count). The van der Waals surface area contributed by atoms with Gasteiger partial charge in [-0.2, -0.15) is 0 Å². The summed E-state index contributed by atoms with van der Waals surface area (Å²) < 4.78 is 5.14. The summed E-state index contributed by atoms with van der Waals surface area (Å²) in [5.41, 5.74) is 2.22. The lowest BCUT2D eigenvalue weighted by Crippen LogP contribution is -2.36. The fraction of sp³-hybridized carbons (Fsp3) is 0.529. The summed E-state index contributed by atoms with van der Waals surface area (Å²) in [6.07, 6.45) is -0.00174. The number of nitrogens with zero attached hydrogens (tertiary/aromatic N) is 1. The maximum Gasteiger partial charge on any atom is 0.407 e. The molecule has 1 N–H and O–H groups in total. The number of ether oxygens (including phenoxy) is 1. The molecule has 5 heteroatoms. The second-order valence-corrected chi connectivity index (χ2v) is 5.57. The summed E-state index contributed by atoms with van der Waals surface area (Å²) in [4.78, 5) is 24.5.